The molecule has 1 saturated heterocycles. The standard InChI is InChI=1S/C12H17N3O3/c1-9(14-6-4-13-5-7-14)11-8-10(16)2-3-12(11)15(17)18/h2-3,8-9,13,16H,4-7H2,1H3/t9-/m0/s1. The highest BCUT2D eigenvalue weighted by molar-refractivity contribution is 5.46. The van der Waals surface area contributed by atoms with Gasteiger partial charge in [-0.15, -0.1) is 0 Å². The summed E-state index contributed by atoms with van der Waals surface area (Å²) < 4.78 is 0. The molecule has 0 unspecified atom stereocenters. The zero-order valence-electron chi connectivity index (χ0n) is 10.3. The van der Waals surface area contributed by atoms with Gasteiger partial charge >= 0.3 is 0 Å². The summed E-state index contributed by atoms with van der Waals surface area (Å²) in [4.78, 5) is 12.8. The second-order valence-electron chi connectivity index (χ2n) is 4.46. The van der Waals surface area contributed by atoms with Crippen LogP contribution in [0.15, 0.2) is 18.2 Å². The van der Waals surface area contributed by atoms with Crippen LogP contribution in [0.2, 0.25) is 0 Å². The normalized spacial score (nSPS) is 18.5. The minimum absolute atomic E-state index is 0.0672. The Kier molecular flexibility index (Phi) is 3.78. The molecule has 0 aromatic heterocycles. The van der Waals surface area contributed by atoms with E-state index in [1.165, 1.54) is 18.2 Å². The van der Waals surface area contributed by atoms with Gasteiger partial charge in [-0.3, -0.25) is 15.0 Å². The van der Waals surface area contributed by atoms with Gasteiger partial charge in [-0.05, 0) is 19.1 Å². The molecule has 18 heavy (non-hydrogen) atoms. The van der Waals surface area contributed by atoms with E-state index in [9.17, 15) is 15.2 Å². The quantitative estimate of drug-likeness (QED) is 0.624. The number of nitrogens with zero attached hydrogens (tertiary/aromatic N) is 2. The third kappa shape index (κ3) is 2.60. The van der Waals surface area contributed by atoms with Gasteiger partial charge in [0.1, 0.15) is 5.75 Å². The lowest BCUT2D eigenvalue weighted by Crippen LogP contribution is -2.44. The Morgan fingerprint density at radius 3 is 2.72 bits per heavy atom. The Morgan fingerprint density at radius 2 is 2.11 bits per heavy atom. The summed E-state index contributed by atoms with van der Waals surface area (Å²) in [6.07, 6.45) is 0. The van der Waals surface area contributed by atoms with Crippen LogP contribution in [0, 0.1) is 10.1 Å². The molecule has 0 radical (unpaired) electrons. The number of phenols is 1. The first-order valence-corrected chi connectivity index (χ1v) is 6.01. The molecule has 1 aliphatic heterocycles. The van der Waals surface area contributed by atoms with E-state index < -0.39 is 4.92 Å². The summed E-state index contributed by atoms with van der Waals surface area (Å²) in [5, 5.41) is 23.8. The van der Waals surface area contributed by atoms with Crippen molar-refractivity contribution in [3.8, 4) is 5.75 Å². The van der Waals surface area contributed by atoms with Gasteiger partial charge in [0.25, 0.3) is 5.69 Å². The van der Waals surface area contributed by atoms with Crippen LogP contribution in [0.1, 0.15) is 18.5 Å². The number of nitrogens with one attached hydrogen (secondary N) is 1. The van der Waals surface area contributed by atoms with Crippen molar-refractivity contribution in [1.82, 2.24) is 10.2 Å². The van der Waals surface area contributed by atoms with Crippen molar-refractivity contribution in [3.63, 3.8) is 0 Å². The second kappa shape index (κ2) is 5.32. The molecule has 6 heteroatoms. The fourth-order valence-electron chi connectivity index (χ4n) is 2.31. The Hall–Kier alpha value is -1.66. The van der Waals surface area contributed by atoms with Crippen molar-refractivity contribution < 1.29 is 10.0 Å². The average molecular weight is 251 g/mol. The SMILES string of the molecule is C[C@@H](c1cc(O)ccc1[N+](=O)[O-])N1CCNCC1. The first-order valence-electron chi connectivity index (χ1n) is 6.01. The van der Waals surface area contributed by atoms with Gasteiger partial charge in [0.05, 0.1) is 10.5 Å². The first kappa shape index (κ1) is 12.8. The molecule has 1 aromatic rings. The highest BCUT2D eigenvalue weighted by Crippen LogP contribution is 2.31. The molecule has 1 heterocycles. The van der Waals surface area contributed by atoms with E-state index in [-0.39, 0.29) is 17.5 Å². The molecule has 98 valence electrons. The zero-order chi connectivity index (χ0) is 13.1. The minimum Gasteiger partial charge on any atom is -0.508 e. The largest absolute Gasteiger partial charge is 0.508 e. The smallest absolute Gasteiger partial charge is 0.274 e. The lowest BCUT2D eigenvalue weighted by atomic mass is 10.0. The van der Waals surface area contributed by atoms with Crippen LogP contribution in [0.25, 0.3) is 0 Å². The van der Waals surface area contributed by atoms with Gasteiger partial charge in [-0.1, -0.05) is 0 Å². The Bertz CT molecular complexity index is 444. The number of piperazine rings is 1. The number of phenolic OH excluding ortho intramolecular Hbond substituents is 1. The van der Waals surface area contributed by atoms with Crippen LogP contribution in [0.5, 0.6) is 5.75 Å². The van der Waals surface area contributed by atoms with E-state index in [4.69, 9.17) is 0 Å². The number of hydrogen-bond donors (Lipinski definition) is 2. The fourth-order valence-corrected chi connectivity index (χ4v) is 2.31. The third-order valence-electron chi connectivity index (χ3n) is 3.36. The number of rotatable bonds is 3. The molecule has 2 rings (SSSR count). The van der Waals surface area contributed by atoms with E-state index in [1.54, 1.807) is 0 Å². The maximum absolute atomic E-state index is 11.0. The van der Waals surface area contributed by atoms with E-state index >= 15 is 0 Å². The maximum Gasteiger partial charge on any atom is 0.274 e. The molecule has 1 aromatic carbocycles. The summed E-state index contributed by atoms with van der Waals surface area (Å²) in [6, 6.07) is 4.14. The van der Waals surface area contributed by atoms with Crippen LogP contribution in [0.3, 0.4) is 0 Å². The van der Waals surface area contributed by atoms with Gasteiger partial charge in [-0.25, -0.2) is 0 Å². The molecule has 6 nitrogen and oxygen atoms in total. The topological polar surface area (TPSA) is 78.6 Å². The van der Waals surface area contributed by atoms with Crippen LogP contribution in [-0.2, 0) is 0 Å². The first-order chi connectivity index (χ1) is 8.59. The number of aromatic hydroxyl groups is 1. The van der Waals surface area contributed by atoms with Gasteiger partial charge in [-0.2, -0.15) is 0 Å². The van der Waals surface area contributed by atoms with Crippen molar-refractivity contribution in [2.24, 2.45) is 0 Å². The van der Waals surface area contributed by atoms with Gasteiger partial charge in [0, 0.05) is 38.3 Å². The van der Waals surface area contributed by atoms with E-state index in [2.05, 4.69) is 10.2 Å². The highest BCUT2D eigenvalue weighted by Gasteiger charge is 2.25. The Labute approximate surface area is 105 Å². The molecule has 0 aliphatic carbocycles. The third-order valence-corrected chi connectivity index (χ3v) is 3.36. The van der Waals surface area contributed by atoms with Crippen molar-refractivity contribution in [3.05, 3.63) is 33.9 Å². The molecule has 0 bridgehead atoms. The van der Waals surface area contributed by atoms with Crippen molar-refractivity contribution in [1.29, 1.82) is 0 Å². The molecule has 1 fully saturated rings. The van der Waals surface area contributed by atoms with E-state index in [0.29, 0.717) is 5.56 Å². The lowest BCUT2D eigenvalue weighted by molar-refractivity contribution is -0.386. The van der Waals surface area contributed by atoms with Crippen LogP contribution >= 0.6 is 0 Å². The second-order valence-corrected chi connectivity index (χ2v) is 4.46. The summed E-state index contributed by atoms with van der Waals surface area (Å²) in [7, 11) is 0. The Morgan fingerprint density at radius 1 is 1.44 bits per heavy atom. The average Bonchev–Trinajstić information content (AvgIpc) is 2.38. The van der Waals surface area contributed by atoms with Crippen molar-refractivity contribution in [2.75, 3.05) is 26.2 Å². The van der Waals surface area contributed by atoms with Crippen LogP contribution in [-0.4, -0.2) is 41.1 Å². The molecule has 1 atom stereocenters. The number of nitro groups is 1. The molecule has 1 aliphatic rings. The van der Waals surface area contributed by atoms with E-state index in [0.717, 1.165) is 26.2 Å². The monoisotopic (exact) mass is 251 g/mol. The number of benzene rings is 1. The molecular formula is C12H17N3O3. The predicted molar refractivity (Wildman–Crippen MR) is 67.6 cm³/mol. The molecule has 0 amide bonds. The van der Waals surface area contributed by atoms with Crippen LogP contribution in [0.4, 0.5) is 5.69 Å². The van der Waals surface area contributed by atoms with Crippen molar-refractivity contribution >= 4 is 5.69 Å². The summed E-state index contributed by atoms with van der Waals surface area (Å²) >= 11 is 0. The summed E-state index contributed by atoms with van der Waals surface area (Å²) in [6.45, 7) is 5.42. The predicted octanol–water partition coefficient (Wildman–Crippen LogP) is 1.27. The lowest BCUT2D eigenvalue weighted by Gasteiger charge is -2.32. The molecule has 0 spiro atoms. The van der Waals surface area contributed by atoms with Crippen molar-refractivity contribution in [2.45, 2.75) is 13.0 Å². The molecular weight excluding hydrogens is 234 g/mol. The van der Waals surface area contributed by atoms with Gasteiger partial charge < -0.3 is 10.4 Å². The maximum atomic E-state index is 11.0. The molecule has 0 saturated carbocycles. The van der Waals surface area contributed by atoms with Gasteiger partial charge in [0.2, 0.25) is 0 Å². The summed E-state index contributed by atoms with van der Waals surface area (Å²) in [5.41, 5.74) is 0.640. The number of hydrogen-bond acceptors (Lipinski definition) is 5. The zero-order valence-corrected chi connectivity index (χ0v) is 10.3. The van der Waals surface area contributed by atoms with Gasteiger partial charge in [0.15, 0.2) is 0 Å². The fraction of sp³-hybridized carbons (Fsp3) is 0.500. The molecule has 2 N–H and O–H groups in total. The highest BCUT2D eigenvalue weighted by atomic mass is 16.6. The Balaban J connectivity index is 2.30. The van der Waals surface area contributed by atoms with Crippen LogP contribution < -0.4 is 5.32 Å². The minimum atomic E-state index is -0.395. The summed E-state index contributed by atoms with van der Waals surface area (Å²) in [5.74, 6) is 0.0672. The number of nitro benzene ring substituents is 1. The van der Waals surface area contributed by atoms with E-state index in [1.807, 2.05) is 6.92 Å².